The fraction of sp³-hybridized carbons (Fsp3) is 0.407. The maximum absolute atomic E-state index is 13.5. The Kier molecular flexibility index (Phi) is 7.33. The maximum Gasteiger partial charge on any atom is 0.227 e. The second-order valence-corrected chi connectivity index (χ2v) is 8.72. The van der Waals surface area contributed by atoms with Gasteiger partial charge in [0.1, 0.15) is 0 Å². The van der Waals surface area contributed by atoms with Crippen molar-refractivity contribution in [3.8, 4) is 11.5 Å². The van der Waals surface area contributed by atoms with Gasteiger partial charge >= 0.3 is 0 Å². The topological polar surface area (TPSA) is 67.9 Å². The van der Waals surface area contributed by atoms with Gasteiger partial charge in [-0.15, -0.1) is 0 Å². The lowest BCUT2D eigenvalue weighted by molar-refractivity contribution is -0.148. The fourth-order valence-corrected chi connectivity index (χ4v) is 4.95. The SMILES string of the molecule is COc1ccc(CN2CC[C@H]3C=CC[C@@H](C(=O)NCCc4ccccc4)[C@H]3C2=O)cc1OC. The van der Waals surface area contributed by atoms with E-state index in [0.29, 0.717) is 37.6 Å². The minimum atomic E-state index is -0.323. The van der Waals surface area contributed by atoms with Gasteiger partial charge in [0.25, 0.3) is 0 Å². The lowest BCUT2D eigenvalue weighted by Gasteiger charge is -2.41. The number of ether oxygens (including phenoxy) is 2. The summed E-state index contributed by atoms with van der Waals surface area (Å²) in [6.07, 6.45) is 6.45. The molecule has 2 aromatic rings. The molecule has 0 aromatic heterocycles. The number of carbonyl (C=O) groups is 2. The van der Waals surface area contributed by atoms with Gasteiger partial charge in [0.05, 0.1) is 26.1 Å². The number of carbonyl (C=O) groups excluding carboxylic acids is 2. The molecule has 0 radical (unpaired) electrons. The highest BCUT2D eigenvalue weighted by Crippen LogP contribution is 2.38. The molecule has 1 aliphatic carbocycles. The molecule has 2 aromatic carbocycles. The van der Waals surface area contributed by atoms with Crippen molar-refractivity contribution in [1.82, 2.24) is 10.2 Å². The quantitative estimate of drug-likeness (QED) is 0.627. The Hall–Kier alpha value is -3.28. The van der Waals surface area contributed by atoms with Crippen molar-refractivity contribution in [3.63, 3.8) is 0 Å². The molecule has 0 spiro atoms. The molecular formula is C27H32N2O4. The zero-order chi connectivity index (χ0) is 23.2. The summed E-state index contributed by atoms with van der Waals surface area (Å²) in [5, 5.41) is 3.07. The van der Waals surface area contributed by atoms with E-state index in [1.807, 2.05) is 41.3 Å². The van der Waals surface area contributed by atoms with E-state index in [0.717, 1.165) is 18.4 Å². The van der Waals surface area contributed by atoms with Crippen LogP contribution in [-0.2, 0) is 22.6 Å². The number of likely N-dealkylation sites (tertiary alicyclic amines) is 1. The number of amides is 2. The Morgan fingerprint density at radius 1 is 1.06 bits per heavy atom. The van der Waals surface area contributed by atoms with Crippen LogP contribution in [0.2, 0.25) is 0 Å². The van der Waals surface area contributed by atoms with Crippen LogP contribution in [0.15, 0.2) is 60.7 Å². The van der Waals surface area contributed by atoms with Gasteiger partial charge in [0.15, 0.2) is 11.5 Å². The number of benzene rings is 2. The minimum absolute atomic E-state index is 0.0217. The Labute approximate surface area is 195 Å². The molecule has 3 atom stereocenters. The van der Waals surface area contributed by atoms with E-state index in [2.05, 4.69) is 29.6 Å². The van der Waals surface area contributed by atoms with Gasteiger partial charge in [0.2, 0.25) is 11.8 Å². The van der Waals surface area contributed by atoms with Gasteiger partial charge in [-0.3, -0.25) is 9.59 Å². The van der Waals surface area contributed by atoms with Crippen LogP contribution in [0, 0.1) is 17.8 Å². The van der Waals surface area contributed by atoms with E-state index in [1.165, 1.54) is 5.56 Å². The number of methoxy groups -OCH3 is 2. The highest BCUT2D eigenvalue weighted by atomic mass is 16.5. The van der Waals surface area contributed by atoms with Crippen molar-refractivity contribution in [1.29, 1.82) is 0 Å². The van der Waals surface area contributed by atoms with Crippen molar-refractivity contribution in [3.05, 3.63) is 71.8 Å². The predicted molar refractivity (Wildman–Crippen MR) is 127 cm³/mol. The van der Waals surface area contributed by atoms with Crippen molar-refractivity contribution in [2.45, 2.75) is 25.8 Å². The number of rotatable bonds is 8. The predicted octanol–water partition coefficient (Wildman–Crippen LogP) is 3.60. The summed E-state index contributed by atoms with van der Waals surface area (Å²) in [4.78, 5) is 28.5. The number of nitrogens with zero attached hydrogens (tertiary/aromatic N) is 1. The first kappa shape index (κ1) is 22.9. The van der Waals surface area contributed by atoms with Gasteiger partial charge in [-0.05, 0) is 48.4 Å². The molecule has 2 amide bonds. The van der Waals surface area contributed by atoms with Crippen molar-refractivity contribution in [2.24, 2.45) is 17.8 Å². The number of piperidine rings is 1. The van der Waals surface area contributed by atoms with Crippen LogP contribution in [-0.4, -0.2) is 44.0 Å². The third kappa shape index (κ3) is 5.21. The summed E-state index contributed by atoms with van der Waals surface area (Å²) in [5.74, 6) is 0.847. The van der Waals surface area contributed by atoms with Crippen LogP contribution in [0.4, 0.5) is 0 Å². The number of hydrogen-bond acceptors (Lipinski definition) is 4. The molecule has 1 aliphatic heterocycles. The van der Waals surface area contributed by atoms with E-state index in [4.69, 9.17) is 9.47 Å². The lowest BCUT2D eigenvalue weighted by Crippen LogP contribution is -2.51. The van der Waals surface area contributed by atoms with Crippen molar-refractivity contribution in [2.75, 3.05) is 27.3 Å². The summed E-state index contributed by atoms with van der Waals surface area (Å²) in [6, 6.07) is 15.8. The van der Waals surface area contributed by atoms with Gasteiger partial charge in [0, 0.05) is 19.6 Å². The summed E-state index contributed by atoms with van der Waals surface area (Å²) >= 11 is 0. The molecule has 1 N–H and O–H groups in total. The first-order valence-corrected chi connectivity index (χ1v) is 11.6. The molecule has 0 bridgehead atoms. The summed E-state index contributed by atoms with van der Waals surface area (Å²) in [7, 11) is 3.21. The molecule has 2 aliphatic rings. The molecule has 0 saturated carbocycles. The first-order chi connectivity index (χ1) is 16.1. The van der Waals surface area contributed by atoms with Crippen LogP contribution in [0.3, 0.4) is 0 Å². The molecule has 33 heavy (non-hydrogen) atoms. The Bertz CT molecular complexity index is 1000. The zero-order valence-corrected chi connectivity index (χ0v) is 19.3. The molecule has 6 nitrogen and oxygen atoms in total. The monoisotopic (exact) mass is 448 g/mol. The average Bonchev–Trinajstić information content (AvgIpc) is 2.86. The zero-order valence-electron chi connectivity index (χ0n) is 19.3. The molecule has 0 unspecified atom stereocenters. The van der Waals surface area contributed by atoms with Gasteiger partial charge in [-0.1, -0.05) is 48.6 Å². The van der Waals surface area contributed by atoms with Gasteiger partial charge in [-0.25, -0.2) is 0 Å². The van der Waals surface area contributed by atoms with Crippen LogP contribution in [0.5, 0.6) is 11.5 Å². The van der Waals surface area contributed by atoms with E-state index >= 15 is 0 Å². The number of fused-ring (bicyclic) bond motifs is 1. The van der Waals surface area contributed by atoms with Crippen LogP contribution >= 0.6 is 0 Å². The van der Waals surface area contributed by atoms with Crippen LogP contribution in [0.1, 0.15) is 24.0 Å². The van der Waals surface area contributed by atoms with E-state index in [-0.39, 0.29) is 29.6 Å². The Morgan fingerprint density at radius 2 is 1.85 bits per heavy atom. The van der Waals surface area contributed by atoms with E-state index in [1.54, 1.807) is 14.2 Å². The minimum Gasteiger partial charge on any atom is -0.493 e. The molecular weight excluding hydrogens is 416 g/mol. The lowest BCUT2D eigenvalue weighted by atomic mass is 9.71. The highest BCUT2D eigenvalue weighted by Gasteiger charge is 2.44. The standard InChI is InChI=1S/C27H32N2O4/c1-32-23-12-11-20(17-24(23)33-2)18-29-16-14-21-9-6-10-22(25(21)27(29)31)26(30)28-15-13-19-7-4-3-5-8-19/h3-9,11-12,17,21-22,25H,10,13-16,18H2,1-2H3,(H,28,30)/t21-,22-,25+/m1/s1. The molecule has 174 valence electrons. The third-order valence-electron chi connectivity index (χ3n) is 6.71. The number of allylic oxidation sites excluding steroid dienone is 2. The summed E-state index contributed by atoms with van der Waals surface area (Å²) < 4.78 is 10.7. The molecule has 6 heteroatoms. The second kappa shape index (κ2) is 10.6. The van der Waals surface area contributed by atoms with Crippen molar-refractivity contribution < 1.29 is 19.1 Å². The normalized spacial score (nSPS) is 21.9. The largest absolute Gasteiger partial charge is 0.493 e. The molecule has 1 heterocycles. The van der Waals surface area contributed by atoms with Crippen LogP contribution in [0.25, 0.3) is 0 Å². The molecule has 1 fully saturated rings. The Balaban J connectivity index is 1.41. The van der Waals surface area contributed by atoms with Crippen molar-refractivity contribution >= 4 is 11.8 Å². The third-order valence-corrected chi connectivity index (χ3v) is 6.71. The molecule has 1 saturated heterocycles. The smallest absolute Gasteiger partial charge is 0.227 e. The first-order valence-electron chi connectivity index (χ1n) is 11.6. The molecule has 4 rings (SSSR count). The van der Waals surface area contributed by atoms with E-state index < -0.39 is 0 Å². The summed E-state index contributed by atoms with van der Waals surface area (Å²) in [6.45, 7) is 1.75. The average molecular weight is 449 g/mol. The fourth-order valence-electron chi connectivity index (χ4n) is 4.95. The number of nitrogens with one attached hydrogen (secondary N) is 1. The second-order valence-electron chi connectivity index (χ2n) is 8.72. The van der Waals surface area contributed by atoms with E-state index in [9.17, 15) is 9.59 Å². The van der Waals surface area contributed by atoms with Gasteiger partial charge in [-0.2, -0.15) is 0 Å². The van der Waals surface area contributed by atoms with Gasteiger partial charge < -0.3 is 19.7 Å². The summed E-state index contributed by atoms with van der Waals surface area (Å²) in [5.41, 5.74) is 2.17. The Morgan fingerprint density at radius 3 is 2.61 bits per heavy atom. The maximum atomic E-state index is 13.5. The number of hydrogen-bond donors (Lipinski definition) is 1. The highest BCUT2D eigenvalue weighted by molar-refractivity contribution is 5.89. The van der Waals surface area contributed by atoms with Crippen LogP contribution < -0.4 is 14.8 Å².